The van der Waals surface area contributed by atoms with Crippen LogP contribution in [0.3, 0.4) is 0 Å². The van der Waals surface area contributed by atoms with Gasteiger partial charge in [0.2, 0.25) is 21.8 Å². The first-order valence-corrected chi connectivity index (χ1v) is 14.5. The second-order valence-corrected chi connectivity index (χ2v) is 11.8. The molecule has 0 aliphatic carbocycles. The molecule has 2 amide bonds. The quantitative estimate of drug-likeness (QED) is 0.418. The van der Waals surface area contributed by atoms with Crippen molar-refractivity contribution in [1.29, 1.82) is 0 Å². The number of carbonyl (C=O) groups is 2. The summed E-state index contributed by atoms with van der Waals surface area (Å²) in [4.78, 5) is 28.3. The summed E-state index contributed by atoms with van der Waals surface area (Å²) < 4.78 is 26.6. The van der Waals surface area contributed by atoms with Crippen LogP contribution in [0.4, 0.5) is 5.69 Å². The molecule has 2 aromatic carbocycles. The van der Waals surface area contributed by atoms with E-state index in [0.29, 0.717) is 27.7 Å². The number of sulfonamides is 1. The summed E-state index contributed by atoms with van der Waals surface area (Å²) in [5.41, 5.74) is 2.60. The molecule has 2 rings (SSSR count). The fourth-order valence-corrected chi connectivity index (χ4v) is 5.27. The van der Waals surface area contributed by atoms with Gasteiger partial charge in [-0.15, -0.1) is 0 Å². The molecule has 0 fully saturated rings. The van der Waals surface area contributed by atoms with Gasteiger partial charge in [-0.1, -0.05) is 49.2 Å². The average Bonchev–Trinajstić information content (AvgIpc) is 2.77. The van der Waals surface area contributed by atoms with Crippen molar-refractivity contribution in [2.75, 3.05) is 17.1 Å². The fraction of sp³-hybridized carbons (Fsp3) is 0.462. The standard InChI is InChI=1S/C26H35Cl2N3O4S/c1-7-19(5)29-26(33)24(8-2)30(15-21-22(27)10-9-11-23(21)28)25(32)16-31(36(6,34)35)20-13-17(3)12-18(4)14-20/h9-14,19,24H,7-8,15-16H2,1-6H3,(H,29,33)/t19-,24+/m0/s1. The number of aryl methyl sites for hydroxylation is 2. The van der Waals surface area contributed by atoms with E-state index >= 15 is 0 Å². The van der Waals surface area contributed by atoms with Gasteiger partial charge in [-0.3, -0.25) is 13.9 Å². The van der Waals surface area contributed by atoms with Gasteiger partial charge in [-0.05, 0) is 69.0 Å². The normalized spacial score (nSPS) is 13.1. The van der Waals surface area contributed by atoms with Crippen molar-refractivity contribution in [3.63, 3.8) is 0 Å². The first-order chi connectivity index (χ1) is 16.8. The lowest BCUT2D eigenvalue weighted by molar-refractivity contribution is -0.140. The van der Waals surface area contributed by atoms with Crippen molar-refractivity contribution in [3.8, 4) is 0 Å². The summed E-state index contributed by atoms with van der Waals surface area (Å²) in [6.07, 6.45) is 2.10. The van der Waals surface area contributed by atoms with E-state index in [4.69, 9.17) is 23.2 Å². The number of hydrogen-bond donors (Lipinski definition) is 1. The van der Waals surface area contributed by atoms with Crippen LogP contribution in [-0.4, -0.2) is 50.0 Å². The average molecular weight is 557 g/mol. The zero-order valence-corrected chi connectivity index (χ0v) is 24.0. The van der Waals surface area contributed by atoms with Gasteiger partial charge >= 0.3 is 0 Å². The van der Waals surface area contributed by atoms with Crippen LogP contribution >= 0.6 is 23.2 Å². The lowest BCUT2D eigenvalue weighted by Crippen LogP contribution is -2.53. The second kappa shape index (κ2) is 12.8. The van der Waals surface area contributed by atoms with E-state index in [9.17, 15) is 18.0 Å². The predicted octanol–water partition coefficient (Wildman–Crippen LogP) is 5.10. The molecule has 36 heavy (non-hydrogen) atoms. The predicted molar refractivity (Wildman–Crippen MR) is 147 cm³/mol. The first kappa shape index (κ1) is 29.9. The summed E-state index contributed by atoms with van der Waals surface area (Å²) in [7, 11) is -3.81. The Morgan fingerprint density at radius 3 is 2.03 bits per heavy atom. The van der Waals surface area contributed by atoms with Gasteiger partial charge < -0.3 is 10.2 Å². The van der Waals surface area contributed by atoms with Crippen molar-refractivity contribution in [2.24, 2.45) is 0 Å². The monoisotopic (exact) mass is 555 g/mol. The van der Waals surface area contributed by atoms with Gasteiger partial charge in [-0.2, -0.15) is 0 Å². The first-order valence-electron chi connectivity index (χ1n) is 11.9. The van der Waals surface area contributed by atoms with Crippen molar-refractivity contribution in [2.45, 2.75) is 66.1 Å². The van der Waals surface area contributed by atoms with Crippen LogP contribution in [-0.2, 0) is 26.2 Å². The number of anilines is 1. The molecule has 0 unspecified atom stereocenters. The Morgan fingerprint density at radius 2 is 1.56 bits per heavy atom. The van der Waals surface area contributed by atoms with Crippen molar-refractivity contribution in [3.05, 3.63) is 63.1 Å². The summed E-state index contributed by atoms with van der Waals surface area (Å²) in [6, 6.07) is 9.42. The maximum absolute atomic E-state index is 13.8. The van der Waals surface area contributed by atoms with Gasteiger partial charge in [0.15, 0.2) is 0 Å². The summed E-state index contributed by atoms with van der Waals surface area (Å²) >= 11 is 12.8. The summed E-state index contributed by atoms with van der Waals surface area (Å²) in [5.74, 6) is -0.859. The number of nitrogens with zero attached hydrogens (tertiary/aromatic N) is 2. The highest BCUT2D eigenvalue weighted by Gasteiger charge is 2.33. The maximum atomic E-state index is 13.8. The lowest BCUT2D eigenvalue weighted by Gasteiger charge is -2.34. The van der Waals surface area contributed by atoms with Crippen molar-refractivity contribution >= 4 is 50.7 Å². The third-order valence-corrected chi connectivity index (χ3v) is 7.80. The van der Waals surface area contributed by atoms with Gasteiger partial charge in [0, 0.05) is 28.2 Å². The molecule has 0 bridgehead atoms. The Bertz CT molecular complexity index is 1160. The van der Waals surface area contributed by atoms with Crippen LogP contribution in [0.1, 0.15) is 50.3 Å². The zero-order valence-electron chi connectivity index (χ0n) is 21.6. The highest BCUT2D eigenvalue weighted by Crippen LogP contribution is 2.28. The minimum atomic E-state index is -3.81. The van der Waals surface area contributed by atoms with E-state index in [2.05, 4.69) is 5.32 Å². The lowest BCUT2D eigenvalue weighted by atomic mass is 10.1. The molecule has 0 aliphatic rings. The molecule has 7 nitrogen and oxygen atoms in total. The Kier molecular flexibility index (Phi) is 10.6. The SMILES string of the molecule is CC[C@H](C(=O)N[C@@H](C)CC)N(Cc1c(Cl)cccc1Cl)C(=O)CN(c1cc(C)cc(C)c1)S(C)(=O)=O. The van der Waals surface area contributed by atoms with Crippen LogP contribution in [0, 0.1) is 13.8 Å². The molecular weight excluding hydrogens is 521 g/mol. The van der Waals surface area contributed by atoms with E-state index in [0.717, 1.165) is 28.1 Å². The van der Waals surface area contributed by atoms with Crippen LogP contribution in [0.2, 0.25) is 10.0 Å². The molecule has 1 N–H and O–H groups in total. The van der Waals surface area contributed by atoms with E-state index in [1.165, 1.54) is 4.90 Å². The van der Waals surface area contributed by atoms with Gasteiger partial charge in [-0.25, -0.2) is 8.42 Å². The Morgan fingerprint density at radius 1 is 1.00 bits per heavy atom. The maximum Gasteiger partial charge on any atom is 0.244 e. The van der Waals surface area contributed by atoms with E-state index in [1.807, 2.05) is 33.8 Å². The topological polar surface area (TPSA) is 86.8 Å². The summed E-state index contributed by atoms with van der Waals surface area (Å²) in [6.45, 7) is 8.83. The van der Waals surface area contributed by atoms with E-state index in [1.54, 1.807) is 37.3 Å². The number of halogens is 2. The third kappa shape index (κ3) is 7.85. The molecule has 0 aromatic heterocycles. The Balaban J connectivity index is 2.53. The van der Waals surface area contributed by atoms with Crippen LogP contribution < -0.4 is 9.62 Å². The minimum Gasteiger partial charge on any atom is -0.352 e. The molecule has 2 aromatic rings. The Hall–Kier alpha value is -2.29. The largest absolute Gasteiger partial charge is 0.352 e. The molecule has 0 spiro atoms. The third-order valence-electron chi connectivity index (χ3n) is 5.95. The highest BCUT2D eigenvalue weighted by molar-refractivity contribution is 7.92. The number of carbonyl (C=O) groups excluding carboxylic acids is 2. The number of nitrogens with one attached hydrogen (secondary N) is 1. The molecule has 2 atom stereocenters. The highest BCUT2D eigenvalue weighted by atomic mass is 35.5. The van der Waals surface area contributed by atoms with Crippen molar-refractivity contribution < 1.29 is 18.0 Å². The molecule has 198 valence electrons. The Labute approximate surface area is 224 Å². The van der Waals surface area contributed by atoms with Gasteiger partial charge in [0.25, 0.3) is 0 Å². The number of benzene rings is 2. The number of hydrogen-bond acceptors (Lipinski definition) is 4. The van der Waals surface area contributed by atoms with Crippen LogP contribution in [0.25, 0.3) is 0 Å². The molecular formula is C26H35Cl2N3O4S. The molecule has 0 heterocycles. The zero-order chi connectivity index (χ0) is 27.2. The van der Waals surface area contributed by atoms with Crippen LogP contribution in [0.15, 0.2) is 36.4 Å². The van der Waals surface area contributed by atoms with Crippen molar-refractivity contribution in [1.82, 2.24) is 10.2 Å². The van der Waals surface area contributed by atoms with Crippen LogP contribution in [0.5, 0.6) is 0 Å². The molecule has 0 saturated carbocycles. The molecule has 0 aliphatic heterocycles. The fourth-order valence-electron chi connectivity index (χ4n) is 3.92. The molecule has 10 heteroatoms. The van der Waals surface area contributed by atoms with Gasteiger partial charge in [0.1, 0.15) is 12.6 Å². The van der Waals surface area contributed by atoms with E-state index < -0.39 is 28.5 Å². The summed E-state index contributed by atoms with van der Waals surface area (Å²) in [5, 5.41) is 3.64. The molecule has 0 radical (unpaired) electrons. The smallest absolute Gasteiger partial charge is 0.244 e. The van der Waals surface area contributed by atoms with Gasteiger partial charge in [0.05, 0.1) is 11.9 Å². The minimum absolute atomic E-state index is 0.0474. The van der Waals surface area contributed by atoms with E-state index in [-0.39, 0.29) is 18.5 Å². The number of rotatable bonds is 11. The molecule has 0 saturated heterocycles. The second-order valence-electron chi connectivity index (χ2n) is 9.08. The number of amides is 2.